The van der Waals surface area contributed by atoms with Crippen LogP contribution in [0.25, 0.3) is 6.08 Å². The molecule has 1 aliphatic rings. The molecule has 7 nitrogen and oxygen atoms in total. The highest BCUT2D eigenvalue weighted by Gasteiger charge is 2.32. The summed E-state index contributed by atoms with van der Waals surface area (Å²) in [4.78, 5) is 32.5. The summed E-state index contributed by atoms with van der Waals surface area (Å²) >= 11 is 1.25. The zero-order chi connectivity index (χ0) is 25.9. The number of anilines is 1. The number of carbonyl (C=O) groups excluding carboxylic acids is 1. The first-order chi connectivity index (χ1) is 17.9. The van der Waals surface area contributed by atoms with Gasteiger partial charge >= 0.3 is 0 Å². The molecule has 0 bridgehead atoms. The van der Waals surface area contributed by atoms with Gasteiger partial charge in [0.05, 0.1) is 28.5 Å². The fraction of sp³-hybridized carbons (Fsp3) is 0.138. The second-order valence-corrected chi connectivity index (χ2v) is 9.51. The van der Waals surface area contributed by atoms with Crippen molar-refractivity contribution in [2.75, 3.05) is 11.9 Å². The first-order valence-corrected chi connectivity index (χ1v) is 12.7. The molecule has 0 radical (unpaired) electrons. The molecule has 2 N–H and O–H groups in total. The van der Waals surface area contributed by atoms with E-state index in [0.29, 0.717) is 44.2 Å². The third-order valence-corrected chi connectivity index (χ3v) is 6.96. The van der Waals surface area contributed by atoms with Crippen LogP contribution in [-0.4, -0.2) is 22.2 Å². The molecule has 8 heteroatoms. The zero-order valence-electron chi connectivity index (χ0n) is 20.3. The number of ether oxygens (including phenoxy) is 1. The third-order valence-electron chi connectivity index (χ3n) is 5.97. The molecule has 1 atom stereocenters. The molecule has 4 aromatic rings. The van der Waals surface area contributed by atoms with Gasteiger partial charge in [-0.2, -0.15) is 0 Å². The summed E-state index contributed by atoms with van der Waals surface area (Å²) in [6.45, 7) is 4.23. The van der Waals surface area contributed by atoms with Gasteiger partial charge in [-0.05, 0) is 67.4 Å². The number of hydrogen-bond donors (Lipinski definition) is 2. The number of para-hydroxylation sites is 1. The summed E-state index contributed by atoms with van der Waals surface area (Å²) in [7, 11) is 0. The van der Waals surface area contributed by atoms with E-state index in [1.807, 2.05) is 67.6 Å². The number of phenolic OH excluding ortho intramolecular Hbond substituents is 1. The Labute approximate surface area is 217 Å². The lowest BCUT2D eigenvalue weighted by Crippen LogP contribution is -2.40. The zero-order valence-corrected chi connectivity index (χ0v) is 21.2. The van der Waals surface area contributed by atoms with Crippen LogP contribution in [0, 0.1) is 0 Å². The molecule has 0 saturated carbocycles. The number of phenols is 1. The van der Waals surface area contributed by atoms with Crippen molar-refractivity contribution in [1.29, 1.82) is 0 Å². The summed E-state index contributed by atoms with van der Waals surface area (Å²) in [6, 6.07) is 22.6. The topological polar surface area (TPSA) is 92.9 Å². The van der Waals surface area contributed by atoms with Crippen molar-refractivity contribution in [3.8, 4) is 11.5 Å². The quantitative estimate of drug-likeness (QED) is 0.410. The Hall–Kier alpha value is -4.43. The highest BCUT2D eigenvalue weighted by Crippen LogP contribution is 2.31. The Morgan fingerprint density at radius 3 is 2.57 bits per heavy atom. The Morgan fingerprint density at radius 1 is 1.11 bits per heavy atom. The van der Waals surface area contributed by atoms with Gasteiger partial charge in [0.2, 0.25) is 0 Å². The third kappa shape index (κ3) is 4.96. The minimum absolute atomic E-state index is 0.115. The number of allylic oxidation sites excluding steroid dienone is 1. The molecule has 186 valence electrons. The summed E-state index contributed by atoms with van der Waals surface area (Å²) in [5.41, 5.74) is 2.78. The van der Waals surface area contributed by atoms with E-state index < -0.39 is 6.04 Å². The Bertz CT molecular complexity index is 1670. The lowest BCUT2D eigenvalue weighted by atomic mass is 9.95. The average molecular weight is 512 g/mol. The van der Waals surface area contributed by atoms with Crippen molar-refractivity contribution in [1.82, 2.24) is 4.57 Å². The summed E-state index contributed by atoms with van der Waals surface area (Å²) < 4.78 is 7.62. The number of rotatable bonds is 6. The summed E-state index contributed by atoms with van der Waals surface area (Å²) in [5, 5.41) is 12.8. The van der Waals surface area contributed by atoms with Crippen LogP contribution in [0.2, 0.25) is 0 Å². The van der Waals surface area contributed by atoms with Gasteiger partial charge in [-0.3, -0.25) is 14.2 Å². The van der Waals surface area contributed by atoms with Crippen molar-refractivity contribution in [2.45, 2.75) is 19.9 Å². The van der Waals surface area contributed by atoms with Crippen molar-refractivity contribution in [3.05, 3.63) is 121 Å². The van der Waals surface area contributed by atoms with Gasteiger partial charge < -0.3 is 15.2 Å². The molecular formula is C29H25N3O4S. The molecule has 5 rings (SSSR count). The number of thiazole rings is 1. The number of nitrogens with one attached hydrogen (secondary N) is 1. The molecular weight excluding hydrogens is 486 g/mol. The van der Waals surface area contributed by atoms with E-state index >= 15 is 0 Å². The van der Waals surface area contributed by atoms with Crippen LogP contribution in [0.4, 0.5) is 5.69 Å². The number of carbonyl (C=O) groups is 1. The number of hydrogen-bond acceptors (Lipinski definition) is 6. The SMILES string of the molecule is CCOc1ccc([C@H]2C(C(=O)Nc3ccccc3)=C(C)N=c3s/c(=C\c4cccc(O)c4)c(=O)n32)cc1. The van der Waals surface area contributed by atoms with Crippen LogP contribution in [0.1, 0.15) is 31.0 Å². The van der Waals surface area contributed by atoms with E-state index in [0.717, 1.165) is 5.56 Å². The number of amides is 1. The highest BCUT2D eigenvalue weighted by molar-refractivity contribution is 7.07. The fourth-order valence-electron chi connectivity index (χ4n) is 4.33. The van der Waals surface area contributed by atoms with Crippen molar-refractivity contribution >= 4 is 29.0 Å². The standard InChI is InChI=1S/C29H25N3O4S/c1-3-36-23-14-12-20(13-15-23)26-25(27(34)31-21-9-5-4-6-10-21)18(2)30-29-32(26)28(35)24(37-29)17-19-8-7-11-22(33)16-19/h4-17,26,33H,3H2,1-2H3,(H,31,34)/b24-17-/t26-/m0/s1. The molecule has 1 amide bonds. The predicted octanol–water partition coefficient (Wildman–Crippen LogP) is 3.98. The maximum absolute atomic E-state index is 13.7. The van der Waals surface area contributed by atoms with E-state index in [9.17, 15) is 14.7 Å². The van der Waals surface area contributed by atoms with Gasteiger partial charge in [-0.25, -0.2) is 4.99 Å². The average Bonchev–Trinajstić information content (AvgIpc) is 3.18. The molecule has 0 unspecified atom stereocenters. The minimum atomic E-state index is -0.679. The number of aromatic nitrogens is 1. The van der Waals surface area contributed by atoms with Gasteiger partial charge in [0.15, 0.2) is 4.80 Å². The lowest BCUT2D eigenvalue weighted by Gasteiger charge is -2.25. The van der Waals surface area contributed by atoms with E-state index in [2.05, 4.69) is 10.3 Å². The predicted molar refractivity (Wildman–Crippen MR) is 145 cm³/mol. The number of benzene rings is 3. The van der Waals surface area contributed by atoms with Gasteiger partial charge in [-0.1, -0.05) is 53.8 Å². The number of nitrogens with zero attached hydrogens (tertiary/aromatic N) is 2. The molecule has 1 aliphatic heterocycles. The van der Waals surface area contributed by atoms with Crippen molar-refractivity contribution in [2.24, 2.45) is 4.99 Å². The molecule has 0 spiro atoms. The molecule has 37 heavy (non-hydrogen) atoms. The van der Waals surface area contributed by atoms with Crippen LogP contribution >= 0.6 is 11.3 Å². The number of fused-ring (bicyclic) bond motifs is 1. The Morgan fingerprint density at radius 2 is 1.86 bits per heavy atom. The van der Waals surface area contributed by atoms with E-state index in [1.165, 1.54) is 11.3 Å². The van der Waals surface area contributed by atoms with Crippen molar-refractivity contribution in [3.63, 3.8) is 0 Å². The largest absolute Gasteiger partial charge is 0.508 e. The van der Waals surface area contributed by atoms with Gasteiger partial charge in [0, 0.05) is 5.69 Å². The second kappa shape index (κ2) is 10.3. The normalized spacial score (nSPS) is 15.2. The van der Waals surface area contributed by atoms with Crippen LogP contribution in [0.3, 0.4) is 0 Å². The van der Waals surface area contributed by atoms with Crippen molar-refractivity contribution < 1.29 is 14.6 Å². The molecule has 0 saturated heterocycles. The lowest BCUT2D eigenvalue weighted by molar-refractivity contribution is -0.113. The van der Waals surface area contributed by atoms with Crippen LogP contribution in [0.15, 0.2) is 99.9 Å². The van der Waals surface area contributed by atoms with Crippen LogP contribution in [-0.2, 0) is 4.79 Å². The number of aromatic hydroxyl groups is 1. The first kappa shape index (κ1) is 24.3. The summed E-state index contributed by atoms with van der Waals surface area (Å²) in [6.07, 6.45) is 1.72. The fourth-order valence-corrected chi connectivity index (χ4v) is 5.37. The molecule has 2 heterocycles. The molecule has 0 fully saturated rings. The monoisotopic (exact) mass is 511 g/mol. The van der Waals surface area contributed by atoms with Crippen LogP contribution < -0.4 is 24.9 Å². The maximum Gasteiger partial charge on any atom is 0.271 e. The van der Waals surface area contributed by atoms with Crippen LogP contribution in [0.5, 0.6) is 11.5 Å². The van der Waals surface area contributed by atoms with E-state index in [1.54, 1.807) is 35.8 Å². The van der Waals surface area contributed by atoms with Gasteiger partial charge in [0.25, 0.3) is 11.5 Å². The molecule has 1 aromatic heterocycles. The van der Waals surface area contributed by atoms with Gasteiger partial charge in [-0.15, -0.1) is 0 Å². The van der Waals surface area contributed by atoms with Gasteiger partial charge in [0.1, 0.15) is 11.5 Å². The summed E-state index contributed by atoms with van der Waals surface area (Å²) in [5.74, 6) is 0.497. The highest BCUT2D eigenvalue weighted by atomic mass is 32.1. The molecule has 0 aliphatic carbocycles. The maximum atomic E-state index is 13.7. The Kier molecular flexibility index (Phi) is 6.74. The van der Waals surface area contributed by atoms with E-state index in [4.69, 9.17) is 4.74 Å². The second-order valence-electron chi connectivity index (χ2n) is 8.50. The van der Waals surface area contributed by atoms with E-state index in [-0.39, 0.29) is 17.2 Å². The molecule has 3 aromatic carbocycles. The first-order valence-electron chi connectivity index (χ1n) is 11.9. The Balaban J connectivity index is 1.66. The smallest absolute Gasteiger partial charge is 0.271 e. The minimum Gasteiger partial charge on any atom is -0.508 e.